The molecule has 0 amide bonds. The van der Waals surface area contributed by atoms with Crippen LogP contribution in [0.1, 0.15) is 30.7 Å². The first-order valence-electron chi connectivity index (χ1n) is 9.45. The van der Waals surface area contributed by atoms with Crippen molar-refractivity contribution in [2.75, 3.05) is 22.3 Å². The van der Waals surface area contributed by atoms with E-state index < -0.39 is 10.0 Å². The van der Waals surface area contributed by atoms with Crippen molar-refractivity contribution in [2.24, 2.45) is 0 Å². The molecule has 1 fully saturated rings. The van der Waals surface area contributed by atoms with Crippen molar-refractivity contribution in [3.63, 3.8) is 0 Å². The van der Waals surface area contributed by atoms with Crippen LogP contribution in [0.15, 0.2) is 71.1 Å². The summed E-state index contributed by atoms with van der Waals surface area (Å²) in [4.78, 5) is 8.34. The number of sulfonamides is 1. The number of aromatic nitrogens is 1. The van der Waals surface area contributed by atoms with E-state index in [2.05, 4.69) is 27.4 Å². The molecule has 0 radical (unpaired) electrons. The van der Waals surface area contributed by atoms with Crippen LogP contribution in [0.4, 0.5) is 11.5 Å². The molecule has 0 bridgehead atoms. The summed E-state index contributed by atoms with van der Waals surface area (Å²) < 4.78 is 27.7. The highest BCUT2D eigenvalue weighted by Gasteiger charge is 2.29. The lowest BCUT2D eigenvalue weighted by atomic mass is 10.2. The summed E-state index contributed by atoms with van der Waals surface area (Å²) in [6.07, 6.45) is 3.70. The molecule has 0 spiro atoms. The van der Waals surface area contributed by atoms with Crippen LogP contribution in [0.2, 0.25) is 0 Å². The van der Waals surface area contributed by atoms with Crippen LogP contribution < -0.4 is 9.21 Å². The lowest BCUT2D eigenvalue weighted by Crippen LogP contribution is -2.31. The maximum Gasteiger partial charge on any atom is 0.265 e. The van der Waals surface area contributed by atoms with Gasteiger partial charge in [0.25, 0.3) is 10.0 Å². The van der Waals surface area contributed by atoms with Gasteiger partial charge in [-0.25, -0.2) is 13.4 Å². The minimum absolute atomic E-state index is 0.217. The Morgan fingerprint density at radius 2 is 1.96 bits per heavy atom. The normalized spacial score (nSPS) is 17.0. The van der Waals surface area contributed by atoms with E-state index in [1.807, 2.05) is 31.2 Å². The van der Waals surface area contributed by atoms with Crippen molar-refractivity contribution in [2.45, 2.75) is 30.7 Å². The highest BCUT2D eigenvalue weighted by atomic mass is 32.2. The summed E-state index contributed by atoms with van der Waals surface area (Å²) in [5.74, 6) is 0.831. The minimum atomic E-state index is -3.65. The monoisotopic (exact) mass is 413 g/mol. The molecule has 0 unspecified atom stereocenters. The van der Waals surface area contributed by atoms with E-state index in [0.29, 0.717) is 18.3 Å². The molecule has 5 nitrogen and oxygen atoms in total. The molecular formula is C21H23N3O2S2. The summed E-state index contributed by atoms with van der Waals surface area (Å²) in [5, 5.41) is 2.10. The van der Waals surface area contributed by atoms with Gasteiger partial charge in [0.05, 0.1) is 11.7 Å². The number of benzene rings is 1. The van der Waals surface area contributed by atoms with E-state index in [9.17, 15) is 8.42 Å². The Labute approximate surface area is 170 Å². The van der Waals surface area contributed by atoms with Crippen molar-refractivity contribution in [3.8, 4) is 0 Å². The largest absolute Gasteiger partial charge is 0.349 e. The van der Waals surface area contributed by atoms with Crippen LogP contribution in [0, 0.1) is 0 Å². The molecule has 3 aromatic rings. The molecule has 1 aromatic carbocycles. The molecule has 0 N–H and O–H groups in total. The van der Waals surface area contributed by atoms with Gasteiger partial charge in [-0.3, -0.25) is 4.31 Å². The smallest absolute Gasteiger partial charge is 0.265 e. The Morgan fingerprint density at radius 1 is 1.14 bits per heavy atom. The van der Waals surface area contributed by atoms with Crippen molar-refractivity contribution < 1.29 is 8.42 Å². The van der Waals surface area contributed by atoms with Gasteiger partial charge in [0.1, 0.15) is 10.7 Å². The Bertz CT molecular complexity index is 1000. The Balaban J connectivity index is 1.60. The third kappa shape index (κ3) is 3.52. The molecular weight excluding hydrogens is 390 g/mol. The van der Waals surface area contributed by atoms with Crippen molar-refractivity contribution in [1.82, 2.24) is 4.98 Å². The summed E-state index contributed by atoms with van der Waals surface area (Å²) >= 11 is 1.76. The quantitative estimate of drug-likeness (QED) is 0.588. The van der Waals surface area contributed by atoms with Crippen LogP contribution >= 0.6 is 11.3 Å². The first kappa shape index (κ1) is 19.0. The van der Waals surface area contributed by atoms with Gasteiger partial charge in [0, 0.05) is 24.2 Å². The molecule has 2 aromatic heterocycles. The molecule has 0 aliphatic carbocycles. The number of hydrogen-bond donors (Lipinski definition) is 0. The van der Waals surface area contributed by atoms with E-state index in [4.69, 9.17) is 0 Å². The first-order valence-corrected chi connectivity index (χ1v) is 11.8. The van der Waals surface area contributed by atoms with Crippen LogP contribution in [-0.4, -0.2) is 26.5 Å². The summed E-state index contributed by atoms with van der Waals surface area (Å²) in [6, 6.07) is 17.2. The standard InChI is InChI=1S/C21H23N3O2S2/c1-2-24(17-8-4-3-5-9-17)28(25,26)18-12-13-21(22-16-18)23-14-6-10-19(23)20-11-7-15-27-20/h3-5,7-9,11-13,15-16,19H,2,6,10,14H2,1H3/t19-/m1/s1. The van der Waals surface area contributed by atoms with Gasteiger partial charge in [-0.1, -0.05) is 24.3 Å². The van der Waals surface area contributed by atoms with Crippen LogP contribution in [-0.2, 0) is 10.0 Å². The fourth-order valence-corrected chi connectivity index (χ4v) is 6.02. The van der Waals surface area contributed by atoms with E-state index in [1.165, 1.54) is 15.4 Å². The third-order valence-corrected chi connectivity index (χ3v) is 7.92. The maximum atomic E-state index is 13.1. The Morgan fingerprint density at radius 3 is 2.61 bits per heavy atom. The number of para-hydroxylation sites is 1. The third-order valence-electron chi connectivity index (χ3n) is 5.06. The zero-order valence-electron chi connectivity index (χ0n) is 15.7. The number of anilines is 2. The number of thiophene rings is 1. The van der Waals surface area contributed by atoms with Gasteiger partial charge in [-0.15, -0.1) is 11.3 Å². The molecule has 1 aliphatic rings. The fourth-order valence-electron chi connectivity index (χ4n) is 3.73. The van der Waals surface area contributed by atoms with Gasteiger partial charge < -0.3 is 4.90 Å². The van der Waals surface area contributed by atoms with Gasteiger partial charge in [0.15, 0.2) is 0 Å². The van der Waals surface area contributed by atoms with Crippen molar-refractivity contribution in [1.29, 1.82) is 0 Å². The minimum Gasteiger partial charge on any atom is -0.349 e. The topological polar surface area (TPSA) is 53.5 Å². The van der Waals surface area contributed by atoms with E-state index in [0.717, 1.165) is 25.2 Å². The molecule has 146 valence electrons. The van der Waals surface area contributed by atoms with Crippen molar-refractivity contribution >= 4 is 32.9 Å². The lowest BCUT2D eigenvalue weighted by Gasteiger charge is -2.26. The summed E-state index contributed by atoms with van der Waals surface area (Å²) in [7, 11) is -3.65. The number of pyridine rings is 1. The Kier molecular flexibility index (Phi) is 5.37. The SMILES string of the molecule is CCN(c1ccccc1)S(=O)(=O)c1ccc(N2CCC[C@@H]2c2cccs2)nc1. The molecule has 7 heteroatoms. The molecule has 1 saturated heterocycles. The number of rotatable bonds is 6. The lowest BCUT2D eigenvalue weighted by molar-refractivity contribution is 0.591. The number of nitrogens with zero attached hydrogens (tertiary/aromatic N) is 3. The highest BCUT2D eigenvalue weighted by Crippen LogP contribution is 2.37. The zero-order chi connectivity index (χ0) is 19.6. The predicted octanol–water partition coefficient (Wildman–Crippen LogP) is 4.70. The van der Waals surface area contributed by atoms with E-state index in [1.54, 1.807) is 29.5 Å². The molecule has 4 rings (SSSR count). The average Bonchev–Trinajstić information content (AvgIpc) is 3.41. The highest BCUT2D eigenvalue weighted by molar-refractivity contribution is 7.92. The molecule has 3 heterocycles. The Hall–Kier alpha value is -2.38. The van der Waals surface area contributed by atoms with Gasteiger partial charge in [-0.05, 0) is 55.5 Å². The molecule has 28 heavy (non-hydrogen) atoms. The van der Waals surface area contributed by atoms with Crippen LogP contribution in [0.5, 0.6) is 0 Å². The molecule has 1 aliphatic heterocycles. The van der Waals surface area contributed by atoms with Gasteiger partial charge >= 0.3 is 0 Å². The summed E-state index contributed by atoms with van der Waals surface area (Å²) in [5.41, 5.74) is 0.659. The van der Waals surface area contributed by atoms with Crippen LogP contribution in [0.25, 0.3) is 0 Å². The van der Waals surface area contributed by atoms with E-state index in [-0.39, 0.29) is 4.90 Å². The zero-order valence-corrected chi connectivity index (χ0v) is 17.4. The second-order valence-electron chi connectivity index (χ2n) is 6.72. The number of hydrogen-bond acceptors (Lipinski definition) is 5. The second kappa shape index (κ2) is 7.93. The van der Waals surface area contributed by atoms with Gasteiger partial charge in [-0.2, -0.15) is 0 Å². The first-order chi connectivity index (χ1) is 13.6. The maximum absolute atomic E-state index is 13.1. The average molecular weight is 414 g/mol. The van der Waals surface area contributed by atoms with E-state index >= 15 is 0 Å². The molecule has 1 atom stereocenters. The second-order valence-corrected chi connectivity index (χ2v) is 9.57. The van der Waals surface area contributed by atoms with Gasteiger partial charge in [0.2, 0.25) is 0 Å². The van der Waals surface area contributed by atoms with Crippen LogP contribution in [0.3, 0.4) is 0 Å². The fraction of sp³-hybridized carbons (Fsp3) is 0.286. The summed E-state index contributed by atoms with van der Waals surface area (Å²) in [6.45, 7) is 3.13. The van der Waals surface area contributed by atoms with Crippen molar-refractivity contribution in [3.05, 3.63) is 71.1 Å². The predicted molar refractivity (Wildman–Crippen MR) is 115 cm³/mol. The molecule has 0 saturated carbocycles.